The highest BCUT2D eigenvalue weighted by Crippen LogP contribution is 2.35. The third kappa shape index (κ3) is 4.98. The minimum absolute atomic E-state index is 0.219. The summed E-state index contributed by atoms with van der Waals surface area (Å²) >= 11 is 0. The van der Waals surface area contributed by atoms with Crippen molar-refractivity contribution in [1.29, 1.82) is 0 Å². The molecule has 0 radical (unpaired) electrons. The molecule has 0 bridgehead atoms. The van der Waals surface area contributed by atoms with E-state index in [2.05, 4.69) is 16.3 Å². The van der Waals surface area contributed by atoms with Gasteiger partial charge in [0.2, 0.25) is 0 Å². The van der Waals surface area contributed by atoms with Crippen LogP contribution in [0.3, 0.4) is 0 Å². The van der Waals surface area contributed by atoms with Crippen molar-refractivity contribution in [3.63, 3.8) is 0 Å². The predicted octanol–water partition coefficient (Wildman–Crippen LogP) is 2.81. The molecule has 0 spiro atoms. The molecule has 1 aliphatic heterocycles. The Morgan fingerprint density at radius 1 is 1.33 bits per heavy atom. The first-order valence-electron chi connectivity index (χ1n) is 6.55. The summed E-state index contributed by atoms with van der Waals surface area (Å²) in [7, 11) is 1.96. The summed E-state index contributed by atoms with van der Waals surface area (Å²) in [5.41, 5.74) is 0. The van der Waals surface area contributed by atoms with Crippen LogP contribution in [0.4, 0.5) is 13.2 Å². The van der Waals surface area contributed by atoms with E-state index in [0.717, 1.165) is 13.0 Å². The van der Waals surface area contributed by atoms with Crippen LogP contribution < -0.4 is 5.32 Å². The van der Waals surface area contributed by atoms with Gasteiger partial charge in [0.1, 0.15) is 0 Å². The van der Waals surface area contributed by atoms with Gasteiger partial charge in [-0.1, -0.05) is 12.2 Å². The third-order valence-corrected chi connectivity index (χ3v) is 3.50. The number of nitrogens with one attached hydrogen (secondary N) is 1. The van der Waals surface area contributed by atoms with Crippen molar-refractivity contribution in [2.75, 3.05) is 26.7 Å². The Labute approximate surface area is 107 Å². The summed E-state index contributed by atoms with van der Waals surface area (Å²) in [5, 5.41) is 2.98. The smallest absolute Gasteiger partial charge is 0.313 e. The number of allylic oxidation sites excluding steroid dienone is 1. The van der Waals surface area contributed by atoms with Crippen molar-refractivity contribution in [3.05, 3.63) is 12.2 Å². The highest BCUT2D eigenvalue weighted by Gasteiger charge is 2.46. The van der Waals surface area contributed by atoms with Gasteiger partial charge in [0.05, 0.1) is 5.92 Å². The minimum atomic E-state index is -4.06. The second kappa shape index (κ2) is 7.14. The Kier molecular flexibility index (Phi) is 6.15. The van der Waals surface area contributed by atoms with Crippen molar-refractivity contribution in [3.8, 4) is 0 Å². The van der Waals surface area contributed by atoms with Gasteiger partial charge in [-0.2, -0.15) is 13.2 Å². The number of rotatable bonds is 6. The van der Waals surface area contributed by atoms with Crippen LogP contribution >= 0.6 is 0 Å². The van der Waals surface area contributed by atoms with E-state index in [0.29, 0.717) is 19.5 Å². The Bertz CT molecular complexity index is 263. The van der Waals surface area contributed by atoms with Gasteiger partial charge >= 0.3 is 6.18 Å². The zero-order valence-corrected chi connectivity index (χ0v) is 11.1. The Morgan fingerprint density at radius 3 is 2.67 bits per heavy atom. The van der Waals surface area contributed by atoms with Crippen LogP contribution in [0.1, 0.15) is 26.2 Å². The van der Waals surface area contributed by atoms with E-state index < -0.39 is 18.1 Å². The second-order valence-electron chi connectivity index (χ2n) is 4.95. The van der Waals surface area contributed by atoms with Gasteiger partial charge in [-0.3, -0.25) is 0 Å². The fourth-order valence-electron chi connectivity index (χ4n) is 2.40. The fourth-order valence-corrected chi connectivity index (χ4v) is 2.40. The summed E-state index contributed by atoms with van der Waals surface area (Å²) in [6.45, 7) is 4.06. The van der Waals surface area contributed by atoms with E-state index >= 15 is 0 Å². The molecular weight excluding hydrogens is 241 g/mol. The van der Waals surface area contributed by atoms with Crippen LogP contribution in [0.5, 0.6) is 0 Å². The van der Waals surface area contributed by atoms with Crippen molar-refractivity contribution in [1.82, 2.24) is 10.2 Å². The Balaban J connectivity index is 2.29. The van der Waals surface area contributed by atoms with E-state index in [-0.39, 0.29) is 6.42 Å². The van der Waals surface area contributed by atoms with Crippen molar-refractivity contribution in [2.24, 2.45) is 5.92 Å². The highest BCUT2D eigenvalue weighted by molar-refractivity contribution is 4.88. The summed E-state index contributed by atoms with van der Waals surface area (Å²) in [6.07, 6.45) is 1.74. The highest BCUT2D eigenvalue weighted by atomic mass is 19.4. The second-order valence-corrected chi connectivity index (χ2v) is 4.95. The molecule has 1 rings (SSSR count). The third-order valence-electron chi connectivity index (χ3n) is 3.50. The number of hydrogen-bond acceptors (Lipinski definition) is 2. The molecule has 1 N–H and O–H groups in total. The number of nitrogens with zero attached hydrogens (tertiary/aromatic N) is 1. The number of hydrogen-bond donors (Lipinski definition) is 1. The maximum atomic E-state index is 12.7. The van der Waals surface area contributed by atoms with Crippen LogP contribution in [0, 0.1) is 5.92 Å². The lowest BCUT2D eigenvalue weighted by atomic mass is 9.97. The summed E-state index contributed by atoms with van der Waals surface area (Å²) in [4.78, 5) is 2.09. The summed E-state index contributed by atoms with van der Waals surface area (Å²) in [5.74, 6) is -1.17. The molecule has 0 amide bonds. The van der Waals surface area contributed by atoms with Gasteiger partial charge < -0.3 is 10.2 Å². The van der Waals surface area contributed by atoms with E-state index in [4.69, 9.17) is 0 Å². The largest absolute Gasteiger partial charge is 0.393 e. The maximum Gasteiger partial charge on any atom is 0.393 e. The molecule has 0 aliphatic carbocycles. The van der Waals surface area contributed by atoms with E-state index in [1.807, 2.05) is 20.0 Å². The topological polar surface area (TPSA) is 15.3 Å². The lowest BCUT2D eigenvalue weighted by Crippen LogP contribution is -2.38. The quantitative estimate of drug-likeness (QED) is 0.742. The Morgan fingerprint density at radius 2 is 2.06 bits per heavy atom. The van der Waals surface area contributed by atoms with Crippen LogP contribution in [0.2, 0.25) is 0 Å². The minimum Gasteiger partial charge on any atom is -0.313 e. The van der Waals surface area contributed by atoms with Gasteiger partial charge in [0, 0.05) is 12.6 Å². The molecule has 1 fully saturated rings. The molecule has 2 atom stereocenters. The lowest BCUT2D eigenvalue weighted by Gasteiger charge is -2.24. The standard InChI is InChI=1S/C13H23F3N2/c1-3-4-5-9-18(2)10-7-12-11(6-8-17-12)13(14,15)16/h3-4,11-12,17H,5-10H2,1-2H3/b4-3+. The van der Waals surface area contributed by atoms with E-state index in [9.17, 15) is 13.2 Å². The fraction of sp³-hybridized carbons (Fsp3) is 0.846. The van der Waals surface area contributed by atoms with Crippen molar-refractivity contribution >= 4 is 0 Å². The Hall–Kier alpha value is -0.550. The van der Waals surface area contributed by atoms with Crippen molar-refractivity contribution in [2.45, 2.75) is 38.4 Å². The SMILES string of the molecule is C/C=C/CCN(C)CCC1NCCC1C(F)(F)F. The lowest BCUT2D eigenvalue weighted by molar-refractivity contribution is -0.176. The van der Waals surface area contributed by atoms with Crippen LogP contribution in [0.25, 0.3) is 0 Å². The molecule has 0 aromatic carbocycles. The first-order chi connectivity index (χ1) is 8.45. The van der Waals surface area contributed by atoms with Crippen LogP contribution in [-0.4, -0.2) is 43.8 Å². The molecule has 1 heterocycles. The average Bonchev–Trinajstić information content (AvgIpc) is 2.74. The first-order valence-corrected chi connectivity index (χ1v) is 6.55. The van der Waals surface area contributed by atoms with Crippen LogP contribution in [0.15, 0.2) is 12.2 Å². The zero-order chi connectivity index (χ0) is 13.6. The normalized spacial score (nSPS) is 25.4. The van der Waals surface area contributed by atoms with Gasteiger partial charge in [0.15, 0.2) is 0 Å². The molecular formula is C13H23F3N2. The molecule has 18 heavy (non-hydrogen) atoms. The molecule has 0 saturated carbocycles. The molecule has 0 aromatic rings. The molecule has 1 aliphatic rings. The molecule has 2 unspecified atom stereocenters. The number of alkyl halides is 3. The predicted molar refractivity (Wildman–Crippen MR) is 67.5 cm³/mol. The summed E-state index contributed by atoms with van der Waals surface area (Å²) in [6, 6.07) is -0.408. The molecule has 1 saturated heterocycles. The van der Waals surface area contributed by atoms with Crippen molar-refractivity contribution < 1.29 is 13.2 Å². The molecule has 0 aromatic heterocycles. The van der Waals surface area contributed by atoms with Gasteiger partial charge in [-0.05, 0) is 46.3 Å². The molecule has 2 nitrogen and oxygen atoms in total. The first kappa shape index (κ1) is 15.5. The van der Waals surface area contributed by atoms with Crippen LogP contribution in [-0.2, 0) is 0 Å². The molecule has 5 heteroatoms. The van der Waals surface area contributed by atoms with Gasteiger partial charge in [0.25, 0.3) is 0 Å². The van der Waals surface area contributed by atoms with Gasteiger partial charge in [-0.25, -0.2) is 0 Å². The van der Waals surface area contributed by atoms with E-state index in [1.165, 1.54) is 0 Å². The molecule has 106 valence electrons. The monoisotopic (exact) mass is 264 g/mol. The number of halogens is 3. The average molecular weight is 264 g/mol. The maximum absolute atomic E-state index is 12.7. The summed E-state index contributed by atoms with van der Waals surface area (Å²) < 4.78 is 38.2. The van der Waals surface area contributed by atoms with Gasteiger partial charge in [-0.15, -0.1) is 0 Å². The van der Waals surface area contributed by atoms with E-state index in [1.54, 1.807) is 0 Å². The zero-order valence-electron chi connectivity index (χ0n) is 11.1.